The number of rotatable bonds is 4. The van der Waals surface area contributed by atoms with Gasteiger partial charge in [-0.1, -0.05) is 48.5 Å². The van der Waals surface area contributed by atoms with Gasteiger partial charge in [0.15, 0.2) is 5.60 Å². The lowest BCUT2D eigenvalue weighted by Crippen LogP contribution is -2.44. The van der Waals surface area contributed by atoms with E-state index in [0.717, 1.165) is 0 Å². The van der Waals surface area contributed by atoms with Gasteiger partial charge < -0.3 is 9.84 Å². The highest BCUT2D eigenvalue weighted by atomic mass is 19.4. The first-order chi connectivity index (χ1) is 9.88. The van der Waals surface area contributed by atoms with Gasteiger partial charge in [0.25, 0.3) is 0 Å². The number of methoxy groups -OCH3 is 1. The maximum Gasteiger partial charge on any atom is 0.421 e. The highest BCUT2D eigenvalue weighted by Crippen LogP contribution is 2.44. The van der Waals surface area contributed by atoms with Crippen LogP contribution in [0.15, 0.2) is 54.6 Å². The van der Waals surface area contributed by atoms with E-state index < -0.39 is 18.2 Å². The van der Waals surface area contributed by atoms with Gasteiger partial charge in [-0.3, -0.25) is 0 Å². The molecule has 0 aromatic heterocycles. The first kappa shape index (κ1) is 15.4. The number of para-hydroxylation sites is 1. The molecule has 0 fully saturated rings. The van der Waals surface area contributed by atoms with Crippen molar-refractivity contribution in [1.82, 2.24) is 0 Å². The van der Waals surface area contributed by atoms with Gasteiger partial charge in [-0.25, -0.2) is 0 Å². The first-order valence-corrected chi connectivity index (χ1v) is 6.35. The molecule has 2 aromatic rings. The zero-order chi connectivity index (χ0) is 15.5. The van der Waals surface area contributed by atoms with E-state index >= 15 is 0 Å². The summed E-state index contributed by atoms with van der Waals surface area (Å²) in [4.78, 5) is 0. The fraction of sp³-hybridized carbons (Fsp3) is 0.250. The summed E-state index contributed by atoms with van der Waals surface area (Å²) in [5.74, 6) is 0.00764. The van der Waals surface area contributed by atoms with Crippen LogP contribution in [-0.2, 0) is 12.0 Å². The second-order valence-corrected chi connectivity index (χ2v) is 4.72. The van der Waals surface area contributed by atoms with Crippen LogP contribution < -0.4 is 4.74 Å². The fourth-order valence-electron chi connectivity index (χ4n) is 2.23. The predicted molar refractivity (Wildman–Crippen MR) is 73.1 cm³/mol. The molecule has 0 spiro atoms. The van der Waals surface area contributed by atoms with Gasteiger partial charge in [-0.05, 0) is 11.6 Å². The number of benzene rings is 2. The quantitative estimate of drug-likeness (QED) is 0.932. The average Bonchev–Trinajstić information content (AvgIpc) is 2.47. The van der Waals surface area contributed by atoms with Crippen molar-refractivity contribution in [2.75, 3.05) is 7.11 Å². The van der Waals surface area contributed by atoms with Crippen LogP contribution in [0.3, 0.4) is 0 Å². The molecule has 0 amide bonds. The zero-order valence-electron chi connectivity index (χ0n) is 11.4. The first-order valence-electron chi connectivity index (χ1n) is 6.35. The third-order valence-corrected chi connectivity index (χ3v) is 3.32. The molecule has 0 saturated carbocycles. The predicted octanol–water partition coefficient (Wildman–Crippen LogP) is 3.69. The molecule has 1 unspecified atom stereocenters. The molecule has 0 aliphatic heterocycles. The maximum absolute atomic E-state index is 13.5. The number of hydrogen-bond donors (Lipinski definition) is 1. The van der Waals surface area contributed by atoms with Gasteiger partial charge >= 0.3 is 6.18 Å². The maximum atomic E-state index is 13.5. The summed E-state index contributed by atoms with van der Waals surface area (Å²) in [5.41, 5.74) is -2.90. The summed E-state index contributed by atoms with van der Waals surface area (Å²) in [7, 11) is 1.28. The Morgan fingerprint density at radius 1 is 0.952 bits per heavy atom. The summed E-state index contributed by atoms with van der Waals surface area (Å²) in [6.07, 6.45) is -5.39. The van der Waals surface area contributed by atoms with E-state index in [4.69, 9.17) is 4.74 Å². The highest BCUT2D eigenvalue weighted by Gasteiger charge is 2.56. The summed E-state index contributed by atoms with van der Waals surface area (Å²) < 4.78 is 45.4. The van der Waals surface area contributed by atoms with E-state index in [1.807, 2.05) is 0 Å². The lowest BCUT2D eigenvalue weighted by Gasteiger charge is -2.32. The normalized spacial score (nSPS) is 14.5. The van der Waals surface area contributed by atoms with E-state index in [0.29, 0.717) is 5.56 Å². The molecule has 1 atom stereocenters. The molecule has 1 N–H and O–H groups in total. The topological polar surface area (TPSA) is 29.5 Å². The molecule has 112 valence electrons. The van der Waals surface area contributed by atoms with E-state index in [1.165, 1.54) is 25.3 Å². The molecule has 2 aromatic carbocycles. The number of hydrogen-bond acceptors (Lipinski definition) is 2. The number of halogens is 3. The Balaban J connectivity index is 2.52. The largest absolute Gasteiger partial charge is 0.496 e. The Labute approximate surface area is 120 Å². The Hall–Kier alpha value is -2.01. The molecule has 2 nitrogen and oxygen atoms in total. The van der Waals surface area contributed by atoms with Crippen molar-refractivity contribution in [3.8, 4) is 5.75 Å². The van der Waals surface area contributed by atoms with Crippen LogP contribution in [-0.4, -0.2) is 18.4 Å². The standard InChI is InChI=1S/C16H15F3O2/c1-21-14-10-6-5-9-13(14)15(20,16(17,18)19)11-12-7-3-2-4-8-12/h2-10,20H,11H2,1H3. The van der Waals surface area contributed by atoms with Crippen LogP contribution in [0.1, 0.15) is 11.1 Å². The molecule has 0 aliphatic carbocycles. The minimum atomic E-state index is -4.82. The number of alkyl halides is 3. The van der Waals surface area contributed by atoms with Gasteiger partial charge in [0.1, 0.15) is 5.75 Å². The van der Waals surface area contributed by atoms with Crippen LogP contribution >= 0.6 is 0 Å². The van der Waals surface area contributed by atoms with Gasteiger partial charge in [0, 0.05) is 12.0 Å². The van der Waals surface area contributed by atoms with Crippen molar-refractivity contribution in [2.45, 2.75) is 18.2 Å². The summed E-state index contributed by atoms with van der Waals surface area (Å²) in [5, 5.41) is 10.4. The third kappa shape index (κ3) is 3.03. The van der Waals surface area contributed by atoms with E-state index in [9.17, 15) is 18.3 Å². The zero-order valence-corrected chi connectivity index (χ0v) is 11.4. The second-order valence-electron chi connectivity index (χ2n) is 4.72. The second kappa shape index (κ2) is 5.77. The van der Waals surface area contributed by atoms with Crippen LogP contribution in [0, 0.1) is 0 Å². The number of ether oxygens (including phenoxy) is 1. The highest BCUT2D eigenvalue weighted by molar-refractivity contribution is 5.40. The van der Waals surface area contributed by atoms with Crippen LogP contribution in [0.4, 0.5) is 13.2 Å². The molecule has 0 bridgehead atoms. The van der Waals surface area contributed by atoms with Gasteiger partial charge in [0.2, 0.25) is 0 Å². The molecule has 5 heteroatoms. The summed E-state index contributed by atoms with van der Waals surface area (Å²) >= 11 is 0. The Morgan fingerprint density at radius 3 is 2.10 bits per heavy atom. The van der Waals surface area contributed by atoms with Crippen molar-refractivity contribution in [2.24, 2.45) is 0 Å². The Kier molecular flexibility index (Phi) is 4.23. The van der Waals surface area contributed by atoms with Crippen molar-refractivity contribution in [1.29, 1.82) is 0 Å². The summed E-state index contributed by atoms with van der Waals surface area (Å²) in [6.45, 7) is 0. The Morgan fingerprint density at radius 2 is 1.52 bits per heavy atom. The molecule has 0 saturated heterocycles. The number of aliphatic hydroxyl groups is 1. The van der Waals surface area contributed by atoms with Crippen molar-refractivity contribution in [3.05, 3.63) is 65.7 Å². The van der Waals surface area contributed by atoms with E-state index in [-0.39, 0.29) is 11.3 Å². The van der Waals surface area contributed by atoms with E-state index in [2.05, 4.69) is 0 Å². The molecule has 0 aliphatic rings. The molecule has 0 radical (unpaired) electrons. The van der Waals surface area contributed by atoms with Crippen LogP contribution in [0.2, 0.25) is 0 Å². The van der Waals surface area contributed by atoms with Crippen LogP contribution in [0.25, 0.3) is 0 Å². The molecule has 0 heterocycles. The van der Waals surface area contributed by atoms with Crippen molar-refractivity contribution in [3.63, 3.8) is 0 Å². The monoisotopic (exact) mass is 296 g/mol. The third-order valence-electron chi connectivity index (χ3n) is 3.32. The Bertz CT molecular complexity index is 596. The molecule has 21 heavy (non-hydrogen) atoms. The van der Waals surface area contributed by atoms with E-state index in [1.54, 1.807) is 36.4 Å². The van der Waals surface area contributed by atoms with Crippen molar-refractivity contribution < 1.29 is 23.0 Å². The van der Waals surface area contributed by atoms with Gasteiger partial charge in [0.05, 0.1) is 7.11 Å². The fourth-order valence-corrected chi connectivity index (χ4v) is 2.23. The minimum Gasteiger partial charge on any atom is -0.496 e. The molecule has 2 rings (SSSR count). The molecular weight excluding hydrogens is 281 g/mol. The van der Waals surface area contributed by atoms with Crippen LogP contribution in [0.5, 0.6) is 5.75 Å². The van der Waals surface area contributed by atoms with Gasteiger partial charge in [-0.2, -0.15) is 13.2 Å². The summed E-state index contributed by atoms with van der Waals surface area (Å²) in [6, 6.07) is 13.7. The van der Waals surface area contributed by atoms with Crippen molar-refractivity contribution >= 4 is 0 Å². The SMILES string of the molecule is COc1ccccc1C(O)(Cc1ccccc1)C(F)(F)F. The molecular formula is C16H15F3O2. The smallest absolute Gasteiger partial charge is 0.421 e. The average molecular weight is 296 g/mol. The van der Waals surface area contributed by atoms with Gasteiger partial charge in [-0.15, -0.1) is 0 Å². The lowest BCUT2D eigenvalue weighted by atomic mass is 9.86. The lowest BCUT2D eigenvalue weighted by molar-refractivity contribution is -0.266. The minimum absolute atomic E-state index is 0.00764.